The SMILES string of the molecule is CCCCN(CCCCOC1CCCCO1)c1ccccc1. The molecule has 1 heterocycles. The molecule has 1 aromatic carbocycles. The van der Waals surface area contributed by atoms with Crippen molar-refractivity contribution in [2.75, 3.05) is 31.2 Å². The van der Waals surface area contributed by atoms with Gasteiger partial charge in [-0.25, -0.2) is 0 Å². The van der Waals surface area contributed by atoms with E-state index < -0.39 is 0 Å². The van der Waals surface area contributed by atoms with Crippen LogP contribution in [0.5, 0.6) is 0 Å². The van der Waals surface area contributed by atoms with Crippen LogP contribution in [0.1, 0.15) is 51.9 Å². The van der Waals surface area contributed by atoms with Crippen LogP contribution < -0.4 is 4.90 Å². The number of hydrogen-bond donors (Lipinski definition) is 0. The molecular formula is C19H31NO2. The molecule has 0 aliphatic carbocycles. The molecule has 0 N–H and O–H groups in total. The molecule has 0 saturated carbocycles. The second-order valence-corrected chi connectivity index (χ2v) is 6.05. The minimum absolute atomic E-state index is 0.0547. The van der Waals surface area contributed by atoms with E-state index in [0.717, 1.165) is 39.1 Å². The zero-order valence-electron chi connectivity index (χ0n) is 14.0. The lowest BCUT2D eigenvalue weighted by Crippen LogP contribution is -2.26. The van der Waals surface area contributed by atoms with Crippen LogP contribution in [0.25, 0.3) is 0 Å². The fourth-order valence-electron chi connectivity index (χ4n) is 2.82. The Labute approximate surface area is 135 Å². The smallest absolute Gasteiger partial charge is 0.157 e. The maximum Gasteiger partial charge on any atom is 0.157 e. The highest BCUT2D eigenvalue weighted by Gasteiger charge is 2.13. The zero-order chi connectivity index (χ0) is 15.5. The number of anilines is 1. The first kappa shape index (κ1) is 17.3. The Morgan fingerprint density at radius 3 is 2.64 bits per heavy atom. The molecule has 1 fully saturated rings. The van der Waals surface area contributed by atoms with Gasteiger partial charge in [0.15, 0.2) is 6.29 Å². The lowest BCUT2D eigenvalue weighted by Gasteiger charge is -2.25. The second-order valence-electron chi connectivity index (χ2n) is 6.05. The van der Waals surface area contributed by atoms with Crippen molar-refractivity contribution >= 4 is 5.69 Å². The van der Waals surface area contributed by atoms with Crippen molar-refractivity contribution in [3.63, 3.8) is 0 Å². The number of rotatable bonds is 10. The summed E-state index contributed by atoms with van der Waals surface area (Å²) in [7, 11) is 0. The van der Waals surface area contributed by atoms with E-state index in [2.05, 4.69) is 42.2 Å². The maximum absolute atomic E-state index is 5.81. The molecule has 0 spiro atoms. The molecule has 0 amide bonds. The number of nitrogens with zero attached hydrogens (tertiary/aromatic N) is 1. The molecule has 22 heavy (non-hydrogen) atoms. The number of benzene rings is 1. The standard InChI is InChI=1S/C19H31NO2/c1-2-3-14-20(18-11-5-4-6-12-18)15-8-10-17-22-19-13-7-9-16-21-19/h4-6,11-12,19H,2-3,7-10,13-17H2,1H3. The quantitative estimate of drug-likeness (QED) is 0.589. The molecule has 3 nitrogen and oxygen atoms in total. The lowest BCUT2D eigenvalue weighted by molar-refractivity contribution is -0.162. The molecule has 1 aromatic rings. The van der Waals surface area contributed by atoms with E-state index in [0.29, 0.717) is 0 Å². The van der Waals surface area contributed by atoms with Gasteiger partial charge in [0.2, 0.25) is 0 Å². The van der Waals surface area contributed by atoms with Gasteiger partial charge in [-0.1, -0.05) is 31.5 Å². The van der Waals surface area contributed by atoms with Crippen LogP contribution in [0.3, 0.4) is 0 Å². The van der Waals surface area contributed by atoms with Gasteiger partial charge in [-0.3, -0.25) is 0 Å². The highest BCUT2D eigenvalue weighted by atomic mass is 16.7. The minimum Gasteiger partial charge on any atom is -0.372 e. The normalized spacial score (nSPS) is 18.3. The summed E-state index contributed by atoms with van der Waals surface area (Å²) in [6, 6.07) is 10.7. The van der Waals surface area contributed by atoms with E-state index in [1.165, 1.54) is 37.8 Å². The summed E-state index contributed by atoms with van der Waals surface area (Å²) in [5.74, 6) is 0. The van der Waals surface area contributed by atoms with Gasteiger partial charge in [0, 0.05) is 32.0 Å². The van der Waals surface area contributed by atoms with Crippen LogP contribution in [-0.4, -0.2) is 32.6 Å². The van der Waals surface area contributed by atoms with E-state index >= 15 is 0 Å². The lowest BCUT2D eigenvalue weighted by atomic mass is 10.2. The Morgan fingerprint density at radius 1 is 1.09 bits per heavy atom. The van der Waals surface area contributed by atoms with Crippen LogP contribution in [0.4, 0.5) is 5.69 Å². The van der Waals surface area contributed by atoms with Gasteiger partial charge >= 0.3 is 0 Å². The molecule has 1 atom stereocenters. The fraction of sp³-hybridized carbons (Fsp3) is 0.684. The topological polar surface area (TPSA) is 21.7 Å². The van der Waals surface area contributed by atoms with Gasteiger partial charge in [0.05, 0.1) is 0 Å². The van der Waals surface area contributed by atoms with E-state index in [4.69, 9.17) is 9.47 Å². The van der Waals surface area contributed by atoms with Crippen LogP contribution in [-0.2, 0) is 9.47 Å². The van der Waals surface area contributed by atoms with Crippen molar-refractivity contribution < 1.29 is 9.47 Å². The largest absolute Gasteiger partial charge is 0.372 e. The van der Waals surface area contributed by atoms with Crippen LogP contribution in [0, 0.1) is 0 Å². The minimum atomic E-state index is 0.0547. The van der Waals surface area contributed by atoms with Crippen molar-refractivity contribution in [3.8, 4) is 0 Å². The van der Waals surface area contributed by atoms with E-state index in [9.17, 15) is 0 Å². The van der Waals surface area contributed by atoms with Crippen molar-refractivity contribution in [1.29, 1.82) is 0 Å². The Morgan fingerprint density at radius 2 is 1.91 bits per heavy atom. The van der Waals surface area contributed by atoms with E-state index in [1.54, 1.807) is 0 Å². The van der Waals surface area contributed by atoms with Gasteiger partial charge in [-0.05, 0) is 50.7 Å². The molecule has 0 bridgehead atoms. The first-order chi connectivity index (χ1) is 10.9. The molecule has 1 aliphatic heterocycles. The number of ether oxygens (including phenoxy) is 2. The summed E-state index contributed by atoms with van der Waals surface area (Å²) in [6.07, 6.45) is 8.31. The highest BCUT2D eigenvalue weighted by molar-refractivity contribution is 5.45. The van der Waals surface area contributed by atoms with Gasteiger partial charge in [-0.15, -0.1) is 0 Å². The highest BCUT2D eigenvalue weighted by Crippen LogP contribution is 2.16. The van der Waals surface area contributed by atoms with E-state index in [-0.39, 0.29) is 6.29 Å². The van der Waals surface area contributed by atoms with Crippen LogP contribution in [0.15, 0.2) is 30.3 Å². The predicted octanol–water partition coefficient (Wildman–Crippen LogP) is 4.62. The fourth-order valence-corrected chi connectivity index (χ4v) is 2.82. The third kappa shape index (κ3) is 6.37. The molecule has 0 aromatic heterocycles. The zero-order valence-corrected chi connectivity index (χ0v) is 14.0. The monoisotopic (exact) mass is 305 g/mol. The Kier molecular flexibility index (Phi) is 8.36. The maximum atomic E-state index is 5.81. The average Bonchev–Trinajstić information content (AvgIpc) is 2.59. The Bertz CT molecular complexity index is 376. The molecule has 124 valence electrons. The molecule has 1 unspecified atom stereocenters. The second kappa shape index (κ2) is 10.6. The molecule has 0 radical (unpaired) electrons. The van der Waals surface area contributed by atoms with Crippen molar-refractivity contribution in [1.82, 2.24) is 0 Å². The van der Waals surface area contributed by atoms with Crippen molar-refractivity contribution in [2.45, 2.75) is 58.2 Å². The Balaban J connectivity index is 1.65. The number of hydrogen-bond acceptors (Lipinski definition) is 3. The summed E-state index contributed by atoms with van der Waals surface area (Å²) < 4.78 is 11.4. The van der Waals surface area contributed by atoms with Crippen molar-refractivity contribution in [2.24, 2.45) is 0 Å². The van der Waals surface area contributed by atoms with E-state index in [1.807, 2.05) is 0 Å². The number of para-hydroxylation sites is 1. The summed E-state index contributed by atoms with van der Waals surface area (Å²) in [4.78, 5) is 2.50. The molecule has 2 rings (SSSR count). The summed E-state index contributed by atoms with van der Waals surface area (Å²) in [5.41, 5.74) is 1.34. The summed E-state index contributed by atoms with van der Waals surface area (Å²) in [6.45, 7) is 6.19. The first-order valence-electron chi connectivity index (χ1n) is 8.93. The Hall–Kier alpha value is -1.06. The van der Waals surface area contributed by atoms with Gasteiger partial charge in [0.1, 0.15) is 0 Å². The van der Waals surface area contributed by atoms with Gasteiger partial charge in [-0.2, -0.15) is 0 Å². The third-order valence-electron chi connectivity index (χ3n) is 4.17. The first-order valence-corrected chi connectivity index (χ1v) is 8.93. The van der Waals surface area contributed by atoms with Crippen LogP contribution >= 0.6 is 0 Å². The number of unbranched alkanes of at least 4 members (excludes halogenated alkanes) is 2. The third-order valence-corrected chi connectivity index (χ3v) is 4.17. The molecule has 1 aliphatic rings. The van der Waals surface area contributed by atoms with Gasteiger partial charge < -0.3 is 14.4 Å². The van der Waals surface area contributed by atoms with Crippen LogP contribution in [0.2, 0.25) is 0 Å². The molecule has 3 heteroatoms. The summed E-state index contributed by atoms with van der Waals surface area (Å²) in [5, 5.41) is 0. The predicted molar refractivity (Wildman–Crippen MR) is 92.3 cm³/mol. The molecular weight excluding hydrogens is 274 g/mol. The molecule has 1 saturated heterocycles. The summed E-state index contributed by atoms with van der Waals surface area (Å²) >= 11 is 0. The van der Waals surface area contributed by atoms with Crippen molar-refractivity contribution in [3.05, 3.63) is 30.3 Å². The average molecular weight is 305 g/mol. The van der Waals surface area contributed by atoms with Gasteiger partial charge in [0.25, 0.3) is 0 Å².